The molecule has 0 aromatic carbocycles. The van der Waals surface area contributed by atoms with E-state index in [2.05, 4.69) is 17.1 Å². The Morgan fingerprint density at radius 1 is 1.35 bits per heavy atom. The highest BCUT2D eigenvalue weighted by Gasteiger charge is 2.20. The molecule has 0 bridgehead atoms. The van der Waals surface area contributed by atoms with Crippen LogP contribution in [0.4, 0.5) is 0 Å². The van der Waals surface area contributed by atoms with Gasteiger partial charge in [-0.1, -0.05) is 0 Å². The van der Waals surface area contributed by atoms with Crippen LogP contribution in [0.3, 0.4) is 0 Å². The Bertz CT molecular complexity index is 247. The molecular formula is C12H24N2O2S. The number of nitrogens with zero attached hydrogens (tertiary/aromatic N) is 1. The maximum atomic E-state index is 11.3. The summed E-state index contributed by atoms with van der Waals surface area (Å²) in [5.74, 6) is 1.75. The second kappa shape index (κ2) is 6.83. The monoisotopic (exact) mass is 260 g/mol. The summed E-state index contributed by atoms with van der Waals surface area (Å²) in [4.78, 5) is 2.46. The van der Waals surface area contributed by atoms with E-state index in [4.69, 9.17) is 4.74 Å². The zero-order chi connectivity index (χ0) is 12.1. The quantitative estimate of drug-likeness (QED) is 0.784. The maximum Gasteiger partial charge on any atom is 0.0594 e. The van der Waals surface area contributed by atoms with Crippen molar-refractivity contribution in [2.24, 2.45) is 0 Å². The fourth-order valence-electron chi connectivity index (χ4n) is 2.59. The van der Waals surface area contributed by atoms with E-state index in [0.29, 0.717) is 12.1 Å². The standard InChI is InChI=1S/C12H24N2O2S/c1-11(10-14-4-6-16-7-5-14)13-12-2-8-17(15)9-3-12/h11-13H,2-10H2,1H3. The first-order valence-electron chi connectivity index (χ1n) is 6.65. The summed E-state index contributed by atoms with van der Waals surface area (Å²) >= 11 is 0. The third-order valence-electron chi connectivity index (χ3n) is 3.54. The van der Waals surface area contributed by atoms with Gasteiger partial charge in [-0.05, 0) is 19.8 Å². The van der Waals surface area contributed by atoms with Gasteiger partial charge in [0.05, 0.1) is 13.2 Å². The van der Waals surface area contributed by atoms with Gasteiger partial charge >= 0.3 is 0 Å². The molecule has 2 saturated heterocycles. The molecule has 0 radical (unpaired) electrons. The second-order valence-corrected chi connectivity index (χ2v) is 6.80. The van der Waals surface area contributed by atoms with Gasteiger partial charge in [-0.3, -0.25) is 9.11 Å². The van der Waals surface area contributed by atoms with Crippen LogP contribution in [-0.2, 0) is 15.5 Å². The highest BCUT2D eigenvalue weighted by atomic mass is 32.2. The van der Waals surface area contributed by atoms with Gasteiger partial charge < -0.3 is 10.1 Å². The first-order valence-corrected chi connectivity index (χ1v) is 8.14. The number of morpholine rings is 1. The molecule has 1 N–H and O–H groups in total. The highest BCUT2D eigenvalue weighted by Crippen LogP contribution is 2.10. The average molecular weight is 260 g/mol. The number of hydrogen-bond acceptors (Lipinski definition) is 4. The molecule has 4 nitrogen and oxygen atoms in total. The number of rotatable bonds is 4. The van der Waals surface area contributed by atoms with E-state index < -0.39 is 10.8 Å². The van der Waals surface area contributed by atoms with Crippen molar-refractivity contribution in [1.82, 2.24) is 10.2 Å². The van der Waals surface area contributed by atoms with E-state index in [0.717, 1.165) is 57.2 Å². The topological polar surface area (TPSA) is 41.6 Å². The Labute approximate surface area is 107 Å². The molecule has 0 amide bonds. The Balaban J connectivity index is 1.65. The lowest BCUT2D eigenvalue weighted by Crippen LogP contribution is -2.48. The second-order valence-electron chi connectivity index (χ2n) is 5.10. The minimum absolute atomic E-state index is 0.518. The van der Waals surface area contributed by atoms with Gasteiger partial charge in [-0.25, -0.2) is 0 Å². The summed E-state index contributed by atoms with van der Waals surface area (Å²) in [6, 6.07) is 1.09. The van der Waals surface area contributed by atoms with Crippen molar-refractivity contribution in [1.29, 1.82) is 0 Å². The van der Waals surface area contributed by atoms with E-state index in [1.54, 1.807) is 0 Å². The molecule has 1 atom stereocenters. The normalized spacial score (nSPS) is 33.5. The highest BCUT2D eigenvalue weighted by molar-refractivity contribution is 7.85. The van der Waals surface area contributed by atoms with Crippen LogP contribution >= 0.6 is 0 Å². The van der Waals surface area contributed by atoms with Crippen molar-refractivity contribution >= 4 is 10.8 Å². The van der Waals surface area contributed by atoms with Crippen LogP contribution in [0, 0.1) is 0 Å². The summed E-state index contributed by atoms with van der Waals surface area (Å²) in [6.45, 7) is 7.20. The molecular weight excluding hydrogens is 236 g/mol. The number of hydrogen-bond donors (Lipinski definition) is 1. The molecule has 2 aliphatic heterocycles. The lowest BCUT2D eigenvalue weighted by Gasteiger charge is -2.32. The molecule has 2 fully saturated rings. The third-order valence-corrected chi connectivity index (χ3v) is 4.93. The van der Waals surface area contributed by atoms with E-state index in [-0.39, 0.29) is 0 Å². The summed E-state index contributed by atoms with van der Waals surface area (Å²) in [6.07, 6.45) is 2.14. The van der Waals surface area contributed by atoms with Crippen LogP contribution in [0.5, 0.6) is 0 Å². The fraction of sp³-hybridized carbons (Fsp3) is 1.00. The summed E-state index contributed by atoms with van der Waals surface area (Å²) in [5.41, 5.74) is 0. The minimum atomic E-state index is -0.549. The molecule has 2 rings (SSSR count). The predicted molar refractivity (Wildman–Crippen MR) is 70.8 cm³/mol. The molecule has 1 unspecified atom stereocenters. The SMILES string of the molecule is CC(CN1CCOCC1)NC1CCS(=O)CC1. The molecule has 2 aliphatic rings. The average Bonchev–Trinajstić information content (AvgIpc) is 2.33. The first-order chi connectivity index (χ1) is 8.24. The molecule has 2 heterocycles. The smallest absolute Gasteiger partial charge is 0.0594 e. The Morgan fingerprint density at radius 2 is 2.00 bits per heavy atom. The number of nitrogens with one attached hydrogen (secondary N) is 1. The lowest BCUT2D eigenvalue weighted by atomic mass is 10.1. The molecule has 0 aromatic rings. The summed E-state index contributed by atoms with van der Waals surface area (Å²) < 4.78 is 16.6. The molecule has 0 spiro atoms. The van der Waals surface area contributed by atoms with Crippen LogP contribution in [0.1, 0.15) is 19.8 Å². The van der Waals surface area contributed by atoms with Crippen LogP contribution in [0.2, 0.25) is 0 Å². The Hall–Kier alpha value is 0.0300. The van der Waals surface area contributed by atoms with Gasteiger partial charge in [0.15, 0.2) is 0 Å². The van der Waals surface area contributed by atoms with E-state index in [1.807, 2.05) is 0 Å². The molecule has 0 aromatic heterocycles. The maximum absolute atomic E-state index is 11.3. The van der Waals surface area contributed by atoms with Gasteiger partial charge in [-0.15, -0.1) is 0 Å². The van der Waals surface area contributed by atoms with Crippen LogP contribution in [-0.4, -0.2) is 65.5 Å². The summed E-state index contributed by atoms with van der Waals surface area (Å²) in [5, 5.41) is 3.67. The van der Waals surface area contributed by atoms with Crippen molar-refractivity contribution in [3.8, 4) is 0 Å². The summed E-state index contributed by atoms with van der Waals surface area (Å²) in [7, 11) is -0.549. The van der Waals surface area contributed by atoms with Crippen molar-refractivity contribution in [3.63, 3.8) is 0 Å². The zero-order valence-corrected chi connectivity index (χ0v) is 11.5. The van der Waals surface area contributed by atoms with Crippen LogP contribution in [0.25, 0.3) is 0 Å². The van der Waals surface area contributed by atoms with Crippen LogP contribution < -0.4 is 5.32 Å². The van der Waals surface area contributed by atoms with Gasteiger partial charge in [0.2, 0.25) is 0 Å². The van der Waals surface area contributed by atoms with Gasteiger partial charge in [-0.2, -0.15) is 0 Å². The molecule has 17 heavy (non-hydrogen) atoms. The van der Waals surface area contributed by atoms with Crippen molar-refractivity contribution in [3.05, 3.63) is 0 Å². The zero-order valence-electron chi connectivity index (χ0n) is 10.7. The minimum Gasteiger partial charge on any atom is -0.379 e. The number of ether oxygens (including phenoxy) is 1. The molecule has 5 heteroatoms. The fourth-order valence-corrected chi connectivity index (χ4v) is 3.89. The predicted octanol–water partition coefficient (Wildman–Crippen LogP) is 0.208. The first kappa shape index (κ1) is 13.5. The molecule has 0 saturated carbocycles. The molecule has 0 aliphatic carbocycles. The third kappa shape index (κ3) is 4.66. The van der Waals surface area contributed by atoms with E-state index in [1.165, 1.54) is 0 Å². The van der Waals surface area contributed by atoms with E-state index >= 15 is 0 Å². The van der Waals surface area contributed by atoms with Gasteiger partial charge in [0.25, 0.3) is 0 Å². The van der Waals surface area contributed by atoms with Crippen molar-refractivity contribution < 1.29 is 8.95 Å². The van der Waals surface area contributed by atoms with Crippen molar-refractivity contribution in [2.75, 3.05) is 44.4 Å². The Morgan fingerprint density at radius 3 is 2.65 bits per heavy atom. The molecule has 100 valence electrons. The van der Waals surface area contributed by atoms with Crippen molar-refractivity contribution in [2.45, 2.75) is 31.8 Å². The van der Waals surface area contributed by atoms with Gasteiger partial charge in [0, 0.05) is 54.0 Å². The van der Waals surface area contributed by atoms with Gasteiger partial charge in [0.1, 0.15) is 0 Å². The lowest BCUT2D eigenvalue weighted by molar-refractivity contribution is 0.0338. The largest absolute Gasteiger partial charge is 0.379 e. The Kier molecular flexibility index (Phi) is 5.41. The van der Waals surface area contributed by atoms with E-state index in [9.17, 15) is 4.21 Å². The van der Waals surface area contributed by atoms with Crippen LogP contribution in [0.15, 0.2) is 0 Å².